The maximum absolute atomic E-state index is 5.45. The van der Waals surface area contributed by atoms with Gasteiger partial charge in [0, 0.05) is 31.5 Å². The van der Waals surface area contributed by atoms with Gasteiger partial charge in [0.2, 0.25) is 5.95 Å². The molecule has 2 aromatic heterocycles. The molecule has 0 amide bonds. The Balaban J connectivity index is 1.48. The molecule has 5 nitrogen and oxygen atoms in total. The van der Waals surface area contributed by atoms with E-state index >= 15 is 0 Å². The number of rotatable bonds is 4. The molecule has 0 aromatic carbocycles. The Morgan fingerprint density at radius 3 is 2.70 bits per heavy atom. The first-order valence-corrected chi connectivity index (χ1v) is 7.11. The lowest BCUT2D eigenvalue weighted by molar-refractivity contribution is 0.386. The maximum Gasteiger partial charge on any atom is 0.225 e. The van der Waals surface area contributed by atoms with E-state index in [1.165, 1.54) is 5.56 Å². The third kappa shape index (κ3) is 2.99. The predicted octanol–water partition coefficient (Wildman–Crippen LogP) is 2.14. The Hall–Kier alpha value is -1.88. The van der Waals surface area contributed by atoms with Crippen LogP contribution in [0.3, 0.4) is 0 Å². The van der Waals surface area contributed by atoms with Crippen LogP contribution in [0.2, 0.25) is 0 Å². The first kappa shape index (κ1) is 13.1. The van der Waals surface area contributed by atoms with E-state index in [0.29, 0.717) is 6.04 Å². The van der Waals surface area contributed by atoms with Gasteiger partial charge in [-0.15, -0.1) is 0 Å². The molecule has 0 unspecified atom stereocenters. The summed E-state index contributed by atoms with van der Waals surface area (Å²) in [6.45, 7) is 4.89. The Kier molecular flexibility index (Phi) is 3.97. The van der Waals surface area contributed by atoms with Crippen LogP contribution in [0, 0.1) is 6.92 Å². The Morgan fingerprint density at radius 2 is 2.05 bits per heavy atom. The molecule has 106 valence electrons. The quantitative estimate of drug-likeness (QED) is 0.924. The highest BCUT2D eigenvalue weighted by Gasteiger charge is 2.20. The topological polar surface area (TPSA) is 54.2 Å². The summed E-state index contributed by atoms with van der Waals surface area (Å²) in [4.78, 5) is 10.9. The van der Waals surface area contributed by atoms with Crippen LogP contribution in [0.15, 0.2) is 35.2 Å². The summed E-state index contributed by atoms with van der Waals surface area (Å²) in [5.74, 6) is 1.88. The van der Waals surface area contributed by atoms with Crippen LogP contribution < -0.4 is 10.2 Å². The molecule has 5 heteroatoms. The lowest BCUT2D eigenvalue weighted by Crippen LogP contribution is -2.42. The van der Waals surface area contributed by atoms with Crippen molar-refractivity contribution in [2.75, 3.05) is 18.0 Å². The normalized spacial score (nSPS) is 16.6. The minimum Gasteiger partial charge on any atom is -0.468 e. The largest absolute Gasteiger partial charge is 0.468 e. The van der Waals surface area contributed by atoms with Crippen LogP contribution in [0.25, 0.3) is 0 Å². The molecule has 0 bridgehead atoms. The number of anilines is 1. The van der Waals surface area contributed by atoms with Crippen molar-refractivity contribution in [1.29, 1.82) is 0 Å². The van der Waals surface area contributed by atoms with Gasteiger partial charge < -0.3 is 14.6 Å². The van der Waals surface area contributed by atoms with Crippen molar-refractivity contribution in [3.63, 3.8) is 0 Å². The average Bonchev–Trinajstić information content (AvgIpc) is 2.92. The summed E-state index contributed by atoms with van der Waals surface area (Å²) >= 11 is 0. The first-order chi connectivity index (χ1) is 9.83. The molecule has 0 aliphatic carbocycles. The summed E-state index contributed by atoms with van der Waals surface area (Å²) < 4.78 is 5.45. The Labute approximate surface area is 119 Å². The van der Waals surface area contributed by atoms with Crippen molar-refractivity contribution >= 4 is 5.95 Å². The molecule has 3 rings (SSSR count). The highest BCUT2D eigenvalue weighted by molar-refractivity contribution is 5.29. The van der Waals surface area contributed by atoms with E-state index in [1.807, 2.05) is 12.1 Å². The standard InChI is InChI=1S/C15H20N4O/c1-12-5-10-20-14(12)11-18-13-3-8-19(9-4-13)15-16-6-2-7-17-15/h2,5-7,10,13,18H,3-4,8-9,11H2,1H3. The molecule has 0 spiro atoms. The van der Waals surface area contributed by atoms with E-state index in [9.17, 15) is 0 Å². The molecular formula is C15H20N4O. The lowest BCUT2D eigenvalue weighted by Gasteiger charge is -2.32. The second-order valence-corrected chi connectivity index (χ2v) is 5.22. The van der Waals surface area contributed by atoms with Gasteiger partial charge in [-0.25, -0.2) is 9.97 Å². The molecule has 3 heterocycles. The molecule has 2 aromatic rings. The summed E-state index contributed by atoms with van der Waals surface area (Å²) in [5, 5.41) is 3.58. The van der Waals surface area contributed by atoms with Crippen LogP contribution in [-0.4, -0.2) is 29.1 Å². The monoisotopic (exact) mass is 272 g/mol. The van der Waals surface area contributed by atoms with Gasteiger partial charge in [0.05, 0.1) is 12.8 Å². The van der Waals surface area contributed by atoms with Gasteiger partial charge in [-0.05, 0) is 37.5 Å². The SMILES string of the molecule is Cc1ccoc1CNC1CCN(c2ncccn2)CC1. The van der Waals surface area contributed by atoms with Gasteiger partial charge in [-0.1, -0.05) is 0 Å². The van der Waals surface area contributed by atoms with Crippen LogP contribution in [-0.2, 0) is 6.54 Å². The average molecular weight is 272 g/mol. The van der Waals surface area contributed by atoms with Crippen LogP contribution in [0.4, 0.5) is 5.95 Å². The van der Waals surface area contributed by atoms with Crippen LogP contribution >= 0.6 is 0 Å². The number of hydrogen-bond acceptors (Lipinski definition) is 5. The number of nitrogens with one attached hydrogen (secondary N) is 1. The summed E-state index contributed by atoms with van der Waals surface area (Å²) in [6.07, 6.45) is 7.57. The van der Waals surface area contributed by atoms with Gasteiger partial charge in [-0.2, -0.15) is 0 Å². The number of nitrogens with zero attached hydrogens (tertiary/aromatic N) is 3. The first-order valence-electron chi connectivity index (χ1n) is 7.11. The van der Waals surface area contributed by atoms with Gasteiger partial charge in [0.25, 0.3) is 0 Å². The maximum atomic E-state index is 5.45. The summed E-state index contributed by atoms with van der Waals surface area (Å²) in [7, 11) is 0. The zero-order valence-electron chi connectivity index (χ0n) is 11.7. The third-order valence-electron chi connectivity index (χ3n) is 3.85. The van der Waals surface area contributed by atoms with Gasteiger partial charge in [0.1, 0.15) is 5.76 Å². The van der Waals surface area contributed by atoms with Gasteiger partial charge >= 0.3 is 0 Å². The number of hydrogen-bond donors (Lipinski definition) is 1. The lowest BCUT2D eigenvalue weighted by atomic mass is 10.1. The zero-order valence-corrected chi connectivity index (χ0v) is 11.7. The van der Waals surface area contributed by atoms with E-state index in [4.69, 9.17) is 4.42 Å². The molecule has 0 saturated carbocycles. The van der Waals surface area contributed by atoms with Crippen molar-refractivity contribution in [3.05, 3.63) is 42.1 Å². The fourth-order valence-electron chi connectivity index (χ4n) is 2.56. The van der Waals surface area contributed by atoms with Crippen molar-refractivity contribution in [2.45, 2.75) is 32.4 Å². The second-order valence-electron chi connectivity index (χ2n) is 5.22. The van der Waals surface area contributed by atoms with E-state index in [-0.39, 0.29) is 0 Å². The highest BCUT2D eigenvalue weighted by Crippen LogP contribution is 2.16. The number of aromatic nitrogens is 2. The second kappa shape index (κ2) is 6.05. The van der Waals surface area contributed by atoms with Crippen LogP contribution in [0.5, 0.6) is 0 Å². The van der Waals surface area contributed by atoms with E-state index in [0.717, 1.165) is 44.2 Å². The molecule has 20 heavy (non-hydrogen) atoms. The smallest absolute Gasteiger partial charge is 0.225 e. The molecule has 1 fully saturated rings. The van der Waals surface area contributed by atoms with Crippen molar-refractivity contribution in [1.82, 2.24) is 15.3 Å². The fraction of sp³-hybridized carbons (Fsp3) is 0.467. The van der Waals surface area contributed by atoms with Crippen molar-refractivity contribution < 1.29 is 4.42 Å². The third-order valence-corrected chi connectivity index (χ3v) is 3.85. The number of aryl methyl sites for hydroxylation is 1. The van der Waals surface area contributed by atoms with Gasteiger partial charge in [0.15, 0.2) is 0 Å². The molecule has 1 aliphatic heterocycles. The fourth-order valence-corrected chi connectivity index (χ4v) is 2.56. The molecule has 1 saturated heterocycles. The summed E-state index contributed by atoms with van der Waals surface area (Å²) in [6, 6.07) is 4.40. The highest BCUT2D eigenvalue weighted by atomic mass is 16.3. The number of furan rings is 1. The Bertz CT molecular complexity index is 532. The van der Waals surface area contributed by atoms with Crippen LogP contribution in [0.1, 0.15) is 24.2 Å². The minimum atomic E-state index is 0.541. The molecule has 1 aliphatic rings. The Morgan fingerprint density at radius 1 is 1.30 bits per heavy atom. The van der Waals surface area contributed by atoms with E-state index in [2.05, 4.69) is 27.1 Å². The van der Waals surface area contributed by atoms with Crippen molar-refractivity contribution in [3.8, 4) is 0 Å². The summed E-state index contributed by atoms with van der Waals surface area (Å²) in [5.41, 5.74) is 1.22. The number of piperidine rings is 1. The van der Waals surface area contributed by atoms with Gasteiger partial charge in [-0.3, -0.25) is 0 Å². The molecule has 0 radical (unpaired) electrons. The van der Waals surface area contributed by atoms with E-state index in [1.54, 1.807) is 18.7 Å². The minimum absolute atomic E-state index is 0.541. The molecule has 1 N–H and O–H groups in total. The molecule has 0 atom stereocenters. The predicted molar refractivity (Wildman–Crippen MR) is 77.6 cm³/mol. The van der Waals surface area contributed by atoms with E-state index < -0.39 is 0 Å². The molecular weight excluding hydrogens is 252 g/mol. The zero-order chi connectivity index (χ0) is 13.8. The van der Waals surface area contributed by atoms with Crippen molar-refractivity contribution in [2.24, 2.45) is 0 Å².